The van der Waals surface area contributed by atoms with Crippen molar-refractivity contribution in [1.82, 2.24) is 15.1 Å². The Morgan fingerprint density at radius 1 is 1.38 bits per heavy atom. The van der Waals surface area contributed by atoms with E-state index in [4.69, 9.17) is 9.84 Å². The largest absolute Gasteiger partial charge is 0.480 e. The maximum atomic E-state index is 14.3. The second-order valence-corrected chi connectivity index (χ2v) is 5.32. The third kappa shape index (κ3) is 3.77. The predicted molar refractivity (Wildman–Crippen MR) is 83.8 cm³/mol. The molecule has 8 heteroatoms. The monoisotopic (exact) mass is 335 g/mol. The van der Waals surface area contributed by atoms with Gasteiger partial charge in [0.2, 0.25) is 0 Å². The molecule has 0 fully saturated rings. The van der Waals surface area contributed by atoms with Crippen molar-refractivity contribution in [2.45, 2.75) is 19.9 Å². The highest BCUT2D eigenvalue weighted by molar-refractivity contribution is 5.96. The molecule has 1 unspecified atom stereocenters. The fourth-order valence-corrected chi connectivity index (χ4v) is 2.28. The first kappa shape index (κ1) is 17.6. The fourth-order valence-electron chi connectivity index (χ4n) is 2.28. The van der Waals surface area contributed by atoms with E-state index in [2.05, 4.69) is 10.4 Å². The third-order valence-corrected chi connectivity index (χ3v) is 3.38. The molecule has 0 saturated heterocycles. The summed E-state index contributed by atoms with van der Waals surface area (Å²) in [6.07, 6.45) is 0. The number of carbonyl (C=O) groups is 2. The standard InChI is InChI=1S/C16H18FN3O4/c1-9-6-10(2)20(19-9)14-5-4-11(7-12(14)17)15(21)18-13(8-24-3)16(22)23/h4-7,13H,8H2,1-3H3,(H,18,21)(H,22,23). The van der Waals surface area contributed by atoms with Crippen molar-refractivity contribution < 1.29 is 23.8 Å². The molecular formula is C16H18FN3O4. The zero-order valence-corrected chi connectivity index (χ0v) is 13.5. The van der Waals surface area contributed by atoms with Gasteiger partial charge in [-0.3, -0.25) is 4.79 Å². The van der Waals surface area contributed by atoms with Crippen molar-refractivity contribution in [1.29, 1.82) is 0 Å². The summed E-state index contributed by atoms with van der Waals surface area (Å²) in [7, 11) is 1.32. The Morgan fingerprint density at radius 3 is 2.58 bits per heavy atom. The fraction of sp³-hybridized carbons (Fsp3) is 0.312. The lowest BCUT2D eigenvalue weighted by Gasteiger charge is -2.14. The molecule has 128 valence electrons. The molecule has 7 nitrogen and oxygen atoms in total. The van der Waals surface area contributed by atoms with Crippen molar-refractivity contribution >= 4 is 11.9 Å². The predicted octanol–water partition coefficient (Wildman–Crippen LogP) is 1.46. The van der Waals surface area contributed by atoms with Crippen LogP contribution in [0.1, 0.15) is 21.7 Å². The maximum Gasteiger partial charge on any atom is 0.328 e. The zero-order valence-electron chi connectivity index (χ0n) is 13.5. The average molecular weight is 335 g/mol. The minimum absolute atomic E-state index is 0.0140. The van der Waals surface area contributed by atoms with E-state index in [9.17, 15) is 14.0 Å². The highest BCUT2D eigenvalue weighted by Gasteiger charge is 2.21. The van der Waals surface area contributed by atoms with Crippen molar-refractivity contribution in [3.63, 3.8) is 0 Å². The summed E-state index contributed by atoms with van der Waals surface area (Å²) >= 11 is 0. The van der Waals surface area contributed by atoms with Crippen LogP contribution in [-0.2, 0) is 9.53 Å². The molecule has 1 aromatic carbocycles. The molecule has 0 radical (unpaired) electrons. The second-order valence-electron chi connectivity index (χ2n) is 5.32. The van der Waals surface area contributed by atoms with Gasteiger partial charge in [0.15, 0.2) is 6.04 Å². The number of carboxylic acids is 1. The van der Waals surface area contributed by atoms with Gasteiger partial charge in [-0.05, 0) is 38.1 Å². The molecule has 0 bridgehead atoms. The van der Waals surface area contributed by atoms with Gasteiger partial charge >= 0.3 is 5.97 Å². The van der Waals surface area contributed by atoms with Crippen LogP contribution in [-0.4, -0.2) is 46.5 Å². The van der Waals surface area contributed by atoms with E-state index in [1.54, 1.807) is 13.8 Å². The molecule has 0 spiro atoms. The minimum Gasteiger partial charge on any atom is -0.480 e. The van der Waals surface area contributed by atoms with Crippen molar-refractivity contribution in [3.05, 3.63) is 47.0 Å². The maximum absolute atomic E-state index is 14.3. The average Bonchev–Trinajstić information content (AvgIpc) is 2.84. The zero-order chi connectivity index (χ0) is 17.9. The molecule has 0 aliphatic carbocycles. The minimum atomic E-state index is -1.23. The number of ether oxygens (including phenoxy) is 1. The number of methoxy groups -OCH3 is 1. The lowest BCUT2D eigenvalue weighted by atomic mass is 10.1. The molecule has 2 rings (SSSR count). The van der Waals surface area contributed by atoms with Crippen LogP contribution in [0.15, 0.2) is 24.3 Å². The molecule has 0 aliphatic rings. The second kappa shape index (κ2) is 7.22. The molecule has 1 atom stereocenters. The molecule has 0 aliphatic heterocycles. The van der Waals surface area contributed by atoms with Crippen molar-refractivity contribution in [3.8, 4) is 5.69 Å². The molecule has 2 N–H and O–H groups in total. The van der Waals surface area contributed by atoms with E-state index in [1.807, 2.05) is 6.07 Å². The molecule has 1 heterocycles. The first-order chi connectivity index (χ1) is 11.3. The van der Waals surface area contributed by atoms with Gasteiger partial charge in [0.1, 0.15) is 11.5 Å². The number of rotatable bonds is 6. The molecule has 2 aromatic rings. The SMILES string of the molecule is COCC(NC(=O)c1ccc(-n2nc(C)cc2C)c(F)c1)C(=O)O. The van der Waals surface area contributed by atoms with Gasteiger partial charge in [-0.2, -0.15) is 5.10 Å². The van der Waals surface area contributed by atoms with Crippen LogP contribution in [0.3, 0.4) is 0 Å². The number of aliphatic carboxylic acids is 1. The van der Waals surface area contributed by atoms with E-state index in [-0.39, 0.29) is 17.9 Å². The Hall–Kier alpha value is -2.74. The number of carboxylic acid groups (broad SMARTS) is 1. The summed E-state index contributed by atoms with van der Waals surface area (Å²) in [5.41, 5.74) is 1.73. The van der Waals surface area contributed by atoms with E-state index in [0.29, 0.717) is 0 Å². The van der Waals surface area contributed by atoms with Crippen LogP contribution in [0, 0.1) is 19.7 Å². The normalized spacial score (nSPS) is 12.0. The van der Waals surface area contributed by atoms with Crippen LogP contribution in [0.4, 0.5) is 4.39 Å². The number of halogens is 1. The van der Waals surface area contributed by atoms with Gasteiger partial charge in [-0.25, -0.2) is 13.9 Å². The summed E-state index contributed by atoms with van der Waals surface area (Å²) in [6, 6.07) is 4.49. The van der Waals surface area contributed by atoms with Gasteiger partial charge in [0.25, 0.3) is 5.91 Å². The van der Waals surface area contributed by atoms with E-state index >= 15 is 0 Å². The summed E-state index contributed by atoms with van der Waals surface area (Å²) < 4.78 is 20.5. The number of nitrogens with zero attached hydrogens (tertiary/aromatic N) is 2. The Morgan fingerprint density at radius 2 is 2.08 bits per heavy atom. The lowest BCUT2D eigenvalue weighted by molar-refractivity contribution is -0.140. The number of nitrogens with one attached hydrogen (secondary N) is 1. The Bertz CT molecular complexity index is 773. The lowest BCUT2D eigenvalue weighted by Crippen LogP contribution is -2.43. The summed E-state index contributed by atoms with van der Waals surface area (Å²) in [4.78, 5) is 23.1. The van der Waals surface area contributed by atoms with Crippen LogP contribution in [0.2, 0.25) is 0 Å². The number of aryl methyl sites for hydroxylation is 2. The highest BCUT2D eigenvalue weighted by atomic mass is 19.1. The van der Waals surface area contributed by atoms with Gasteiger partial charge in [-0.1, -0.05) is 0 Å². The molecule has 24 heavy (non-hydrogen) atoms. The van der Waals surface area contributed by atoms with E-state index < -0.39 is 23.7 Å². The van der Waals surface area contributed by atoms with Crippen LogP contribution in [0.25, 0.3) is 5.69 Å². The summed E-state index contributed by atoms with van der Waals surface area (Å²) in [5.74, 6) is -2.56. The molecule has 1 aromatic heterocycles. The Labute approximate surface area is 138 Å². The van der Waals surface area contributed by atoms with Crippen molar-refractivity contribution in [2.75, 3.05) is 13.7 Å². The number of carbonyl (C=O) groups excluding carboxylic acids is 1. The third-order valence-electron chi connectivity index (χ3n) is 3.38. The topological polar surface area (TPSA) is 93.5 Å². The first-order valence-corrected chi connectivity index (χ1v) is 7.19. The van der Waals surface area contributed by atoms with Crippen LogP contribution >= 0.6 is 0 Å². The summed E-state index contributed by atoms with van der Waals surface area (Å²) in [6.45, 7) is 3.40. The van der Waals surface area contributed by atoms with Gasteiger partial charge in [0.05, 0.1) is 12.3 Å². The highest BCUT2D eigenvalue weighted by Crippen LogP contribution is 2.17. The number of hydrogen-bond donors (Lipinski definition) is 2. The Kier molecular flexibility index (Phi) is 5.30. The number of benzene rings is 1. The smallest absolute Gasteiger partial charge is 0.328 e. The molecule has 0 saturated carbocycles. The van der Waals surface area contributed by atoms with E-state index in [0.717, 1.165) is 17.5 Å². The van der Waals surface area contributed by atoms with Gasteiger partial charge < -0.3 is 15.2 Å². The van der Waals surface area contributed by atoms with Crippen LogP contribution in [0.5, 0.6) is 0 Å². The number of amides is 1. The van der Waals surface area contributed by atoms with Crippen LogP contribution < -0.4 is 5.32 Å². The molecule has 1 amide bonds. The number of hydrogen-bond acceptors (Lipinski definition) is 4. The van der Waals surface area contributed by atoms with Gasteiger partial charge in [0, 0.05) is 18.4 Å². The van der Waals surface area contributed by atoms with Gasteiger partial charge in [-0.15, -0.1) is 0 Å². The summed E-state index contributed by atoms with van der Waals surface area (Å²) in [5, 5.41) is 15.5. The van der Waals surface area contributed by atoms with E-state index in [1.165, 1.54) is 23.9 Å². The first-order valence-electron chi connectivity index (χ1n) is 7.19. The Balaban J connectivity index is 2.24. The molecular weight excluding hydrogens is 317 g/mol. The number of aromatic nitrogens is 2. The van der Waals surface area contributed by atoms with Crippen molar-refractivity contribution in [2.24, 2.45) is 0 Å². The quantitative estimate of drug-likeness (QED) is 0.833.